The van der Waals surface area contributed by atoms with Crippen LogP contribution >= 0.6 is 0 Å². The summed E-state index contributed by atoms with van der Waals surface area (Å²) in [5.41, 5.74) is 3.56. The second-order valence-electron chi connectivity index (χ2n) is 4.55. The van der Waals surface area contributed by atoms with Crippen molar-refractivity contribution >= 4 is 0 Å². The van der Waals surface area contributed by atoms with Gasteiger partial charge in [0.15, 0.2) is 0 Å². The van der Waals surface area contributed by atoms with Gasteiger partial charge < -0.3 is 0 Å². The van der Waals surface area contributed by atoms with Crippen molar-refractivity contribution in [1.82, 2.24) is 0 Å². The standard InChI is InChI=1S/C11H16/c1-8-5-4-6-9(8)10-7-11(10,2)3/h6,10H,1,4-5,7H2,2-3H3/t10-/m1/s1. The van der Waals surface area contributed by atoms with Crippen molar-refractivity contribution in [2.75, 3.05) is 0 Å². The minimum atomic E-state index is 0.582. The average molecular weight is 148 g/mol. The van der Waals surface area contributed by atoms with Gasteiger partial charge in [0.25, 0.3) is 0 Å². The lowest BCUT2D eigenvalue weighted by Gasteiger charge is -2.05. The summed E-state index contributed by atoms with van der Waals surface area (Å²) in [6.07, 6.45) is 6.21. The van der Waals surface area contributed by atoms with E-state index in [9.17, 15) is 0 Å². The van der Waals surface area contributed by atoms with Crippen LogP contribution in [-0.4, -0.2) is 0 Å². The maximum absolute atomic E-state index is 4.09. The molecule has 2 aliphatic carbocycles. The second-order valence-corrected chi connectivity index (χ2v) is 4.55. The van der Waals surface area contributed by atoms with Gasteiger partial charge in [0.1, 0.15) is 0 Å². The van der Waals surface area contributed by atoms with Crippen LogP contribution in [0.3, 0.4) is 0 Å². The molecule has 0 bridgehead atoms. The maximum atomic E-state index is 4.09. The zero-order valence-corrected chi connectivity index (χ0v) is 7.48. The van der Waals surface area contributed by atoms with Gasteiger partial charge in [-0.2, -0.15) is 0 Å². The predicted octanol–water partition coefficient (Wildman–Crippen LogP) is 3.31. The van der Waals surface area contributed by atoms with Gasteiger partial charge in [0.05, 0.1) is 0 Å². The van der Waals surface area contributed by atoms with E-state index in [1.807, 2.05) is 0 Å². The summed E-state index contributed by atoms with van der Waals surface area (Å²) in [7, 11) is 0. The van der Waals surface area contributed by atoms with Gasteiger partial charge in [-0.25, -0.2) is 0 Å². The van der Waals surface area contributed by atoms with Gasteiger partial charge in [0, 0.05) is 0 Å². The molecule has 60 valence electrons. The van der Waals surface area contributed by atoms with Crippen molar-refractivity contribution in [2.24, 2.45) is 11.3 Å². The first-order chi connectivity index (χ1) is 5.11. The third kappa shape index (κ3) is 1.05. The third-order valence-electron chi connectivity index (χ3n) is 3.11. The largest absolute Gasteiger partial charge is 0.0955 e. The Morgan fingerprint density at radius 1 is 1.55 bits per heavy atom. The van der Waals surface area contributed by atoms with Crippen molar-refractivity contribution in [3.05, 3.63) is 23.8 Å². The highest BCUT2D eigenvalue weighted by Gasteiger charge is 2.48. The van der Waals surface area contributed by atoms with E-state index in [2.05, 4.69) is 26.5 Å². The van der Waals surface area contributed by atoms with Gasteiger partial charge in [-0.15, -0.1) is 0 Å². The van der Waals surface area contributed by atoms with Crippen molar-refractivity contribution in [2.45, 2.75) is 33.1 Å². The molecule has 11 heavy (non-hydrogen) atoms. The Bertz CT molecular complexity index is 230. The third-order valence-corrected chi connectivity index (χ3v) is 3.11. The number of hydrogen-bond acceptors (Lipinski definition) is 0. The topological polar surface area (TPSA) is 0 Å². The van der Waals surface area contributed by atoms with Crippen LogP contribution in [0.15, 0.2) is 23.8 Å². The van der Waals surface area contributed by atoms with Crippen molar-refractivity contribution in [3.8, 4) is 0 Å². The summed E-state index contributed by atoms with van der Waals surface area (Å²) in [5.74, 6) is 0.845. The molecule has 0 heterocycles. The normalized spacial score (nSPS) is 33.8. The fourth-order valence-corrected chi connectivity index (χ4v) is 2.08. The first kappa shape index (κ1) is 7.15. The summed E-state index contributed by atoms with van der Waals surface area (Å²) in [6, 6.07) is 0. The molecule has 0 aromatic carbocycles. The Kier molecular flexibility index (Phi) is 1.30. The van der Waals surface area contributed by atoms with Crippen molar-refractivity contribution in [1.29, 1.82) is 0 Å². The molecule has 0 spiro atoms. The zero-order chi connectivity index (χ0) is 8.06. The van der Waals surface area contributed by atoms with E-state index in [1.54, 1.807) is 5.57 Å². The summed E-state index contributed by atoms with van der Waals surface area (Å²) in [6.45, 7) is 8.80. The molecule has 0 amide bonds. The summed E-state index contributed by atoms with van der Waals surface area (Å²) >= 11 is 0. The maximum Gasteiger partial charge on any atom is -0.0106 e. The fraction of sp³-hybridized carbons (Fsp3) is 0.636. The van der Waals surface area contributed by atoms with Crippen LogP contribution in [-0.2, 0) is 0 Å². The van der Waals surface area contributed by atoms with Crippen molar-refractivity contribution < 1.29 is 0 Å². The van der Waals surface area contributed by atoms with Crippen LogP contribution in [0.1, 0.15) is 33.1 Å². The predicted molar refractivity (Wildman–Crippen MR) is 48.3 cm³/mol. The van der Waals surface area contributed by atoms with Gasteiger partial charge in [0.2, 0.25) is 0 Å². The Hall–Kier alpha value is -0.520. The first-order valence-electron chi connectivity index (χ1n) is 4.49. The quantitative estimate of drug-likeness (QED) is 0.535. The fourth-order valence-electron chi connectivity index (χ4n) is 2.08. The molecule has 0 aliphatic heterocycles. The minimum Gasteiger partial charge on any atom is -0.0955 e. The lowest BCUT2D eigenvalue weighted by atomic mass is 10.0. The molecule has 0 radical (unpaired) electrons. The van der Waals surface area contributed by atoms with E-state index >= 15 is 0 Å². The van der Waals surface area contributed by atoms with Gasteiger partial charge >= 0.3 is 0 Å². The Labute approximate surface area is 69.0 Å². The van der Waals surface area contributed by atoms with E-state index < -0.39 is 0 Å². The van der Waals surface area contributed by atoms with Gasteiger partial charge in [-0.3, -0.25) is 0 Å². The summed E-state index contributed by atoms with van der Waals surface area (Å²) in [5, 5.41) is 0. The van der Waals surface area contributed by atoms with E-state index in [-0.39, 0.29) is 0 Å². The molecule has 2 aliphatic rings. The number of rotatable bonds is 1. The average Bonchev–Trinajstić information content (AvgIpc) is 2.38. The first-order valence-corrected chi connectivity index (χ1v) is 4.49. The van der Waals surface area contributed by atoms with Crippen LogP contribution in [0.25, 0.3) is 0 Å². The van der Waals surface area contributed by atoms with Crippen LogP contribution < -0.4 is 0 Å². The highest BCUT2D eigenvalue weighted by Crippen LogP contribution is 2.58. The lowest BCUT2D eigenvalue weighted by Crippen LogP contribution is -1.93. The molecule has 0 N–H and O–H groups in total. The molecule has 0 unspecified atom stereocenters. The van der Waals surface area contributed by atoms with E-state index in [4.69, 9.17) is 0 Å². The van der Waals surface area contributed by atoms with Crippen molar-refractivity contribution in [3.63, 3.8) is 0 Å². The minimum absolute atomic E-state index is 0.582. The van der Waals surface area contributed by atoms with E-state index in [0.29, 0.717) is 5.41 Å². The molecule has 0 saturated heterocycles. The lowest BCUT2D eigenvalue weighted by molar-refractivity contribution is 0.600. The summed E-state index contributed by atoms with van der Waals surface area (Å²) in [4.78, 5) is 0. The number of hydrogen-bond donors (Lipinski definition) is 0. The summed E-state index contributed by atoms with van der Waals surface area (Å²) < 4.78 is 0. The second kappa shape index (κ2) is 2.00. The molecular weight excluding hydrogens is 132 g/mol. The Balaban J connectivity index is 2.13. The highest BCUT2D eigenvalue weighted by atomic mass is 14.5. The molecule has 1 saturated carbocycles. The molecule has 0 heteroatoms. The monoisotopic (exact) mass is 148 g/mol. The molecule has 0 aromatic rings. The molecule has 2 rings (SSSR count). The van der Waals surface area contributed by atoms with Crippen LogP contribution in [0.5, 0.6) is 0 Å². The van der Waals surface area contributed by atoms with Crippen LogP contribution in [0, 0.1) is 11.3 Å². The smallest absolute Gasteiger partial charge is 0.0106 e. The molecule has 1 fully saturated rings. The molecular formula is C11H16. The Morgan fingerprint density at radius 3 is 2.55 bits per heavy atom. The van der Waals surface area contributed by atoms with Crippen LogP contribution in [0.2, 0.25) is 0 Å². The SMILES string of the molecule is C=C1CCC=C1[C@H]1CC1(C)C. The van der Waals surface area contributed by atoms with E-state index in [0.717, 1.165) is 5.92 Å². The van der Waals surface area contributed by atoms with Crippen LogP contribution in [0.4, 0.5) is 0 Å². The Morgan fingerprint density at radius 2 is 2.18 bits per heavy atom. The van der Waals surface area contributed by atoms with Gasteiger partial charge in [-0.05, 0) is 36.2 Å². The van der Waals surface area contributed by atoms with Gasteiger partial charge in [-0.1, -0.05) is 32.1 Å². The molecule has 0 nitrogen and oxygen atoms in total. The zero-order valence-electron chi connectivity index (χ0n) is 7.48. The number of allylic oxidation sites excluding steroid dienone is 3. The molecule has 1 atom stereocenters. The molecule has 0 aromatic heterocycles. The highest BCUT2D eigenvalue weighted by molar-refractivity contribution is 5.40. The van der Waals surface area contributed by atoms with E-state index in [1.165, 1.54) is 24.8 Å².